The smallest absolute Gasteiger partial charge is 0.226 e. The van der Waals surface area contributed by atoms with Crippen LogP contribution in [0.15, 0.2) is 34.9 Å². The Kier molecular flexibility index (Phi) is 5.00. The fourth-order valence-corrected chi connectivity index (χ4v) is 3.00. The molecule has 1 saturated carbocycles. The molecule has 140 valence electrons. The van der Waals surface area contributed by atoms with E-state index in [4.69, 9.17) is 4.52 Å². The maximum Gasteiger partial charge on any atom is 0.226 e. The van der Waals surface area contributed by atoms with Crippen LogP contribution >= 0.6 is 0 Å². The summed E-state index contributed by atoms with van der Waals surface area (Å²) in [6, 6.07) is 10.0. The van der Waals surface area contributed by atoms with E-state index in [9.17, 15) is 4.79 Å². The second-order valence-corrected chi connectivity index (χ2v) is 7.10. The van der Waals surface area contributed by atoms with Crippen molar-refractivity contribution in [2.75, 3.05) is 0 Å². The highest BCUT2D eigenvalue weighted by atomic mass is 16.5. The van der Waals surface area contributed by atoms with Crippen molar-refractivity contribution in [1.29, 1.82) is 0 Å². The molecular formula is C20H23N5O2. The zero-order valence-electron chi connectivity index (χ0n) is 15.4. The molecule has 2 N–H and O–H groups in total. The van der Waals surface area contributed by atoms with Crippen LogP contribution in [-0.2, 0) is 17.8 Å². The lowest BCUT2D eigenvalue weighted by molar-refractivity contribution is -0.121. The molecule has 7 nitrogen and oxygen atoms in total. The first-order chi connectivity index (χ1) is 13.2. The number of carbonyl (C=O) groups excluding carboxylic acids is 1. The van der Waals surface area contributed by atoms with E-state index in [1.807, 2.05) is 37.3 Å². The van der Waals surface area contributed by atoms with E-state index >= 15 is 0 Å². The van der Waals surface area contributed by atoms with Crippen molar-refractivity contribution in [3.05, 3.63) is 53.2 Å². The summed E-state index contributed by atoms with van der Waals surface area (Å²) in [6.45, 7) is 2.51. The van der Waals surface area contributed by atoms with E-state index in [1.54, 1.807) is 0 Å². The molecule has 1 aromatic carbocycles. The minimum Gasteiger partial charge on any atom is -0.350 e. The second kappa shape index (κ2) is 7.73. The van der Waals surface area contributed by atoms with Crippen molar-refractivity contribution >= 4 is 5.91 Å². The SMILES string of the molecule is Cc1cccc(-c2noc(CCCC(=O)NCc3cc(C4CC4)n[nH]3)n2)c1. The molecule has 1 aliphatic carbocycles. The lowest BCUT2D eigenvalue weighted by Gasteiger charge is -2.02. The predicted octanol–water partition coefficient (Wildman–Crippen LogP) is 3.28. The largest absolute Gasteiger partial charge is 0.350 e. The number of hydrogen-bond donors (Lipinski definition) is 2. The summed E-state index contributed by atoms with van der Waals surface area (Å²) in [6.07, 6.45) is 4.11. The van der Waals surface area contributed by atoms with Gasteiger partial charge in [0.05, 0.1) is 17.9 Å². The summed E-state index contributed by atoms with van der Waals surface area (Å²) in [5, 5.41) is 14.2. The van der Waals surface area contributed by atoms with Gasteiger partial charge in [-0.25, -0.2) is 0 Å². The number of H-pyrrole nitrogens is 1. The van der Waals surface area contributed by atoms with Crippen molar-refractivity contribution in [2.45, 2.75) is 51.5 Å². The zero-order chi connectivity index (χ0) is 18.6. The maximum absolute atomic E-state index is 12.0. The van der Waals surface area contributed by atoms with Crippen molar-refractivity contribution in [2.24, 2.45) is 0 Å². The minimum atomic E-state index is 0.0102. The van der Waals surface area contributed by atoms with Crippen LogP contribution in [0, 0.1) is 6.92 Å². The van der Waals surface area contributed by atoms with Crippen LogP contribution in [0.1, 0.15) is 54.4 Å². The van der Waals surface area contributed by atoms with Crippen molar-refractivity contribution in [3.8, 4) is 11.4 Å². The van der Waals surface area contributed by atoms with Gasteiger partial charge in [-0.15, -0.1) is 0 Å². The van der Waals surface area contributed by atoms with Crippen molar-refractivity contribution in [1.82, 2.24) is 25.7 Å². The molecule has 1 fully saturated rings. The van der Waals surface area contributed by atoms with Gasteiger partial charge in [0.2, 0.25) is 17.6 Å². The molecule has 2 aromatic heterocycles. The molecule has 7 heteroatoms. The number of nitrogens with one attached hydrogen (secondary N) is 2. The summed E-state index contributed by atoms with van der Waals surface area (Å²) in [5.41, 5.74) is 4.15. The van der Waals surface area contributed by atoms with Crippen LogP contribution in [0.3, 0.4) is 0 Å². The summed E-state index contributed by atoms with van der Waals surface area (Å²) in [5.74, 6) is 1.77. The molecule has 0 aliphatic heterocycles. The van der Waals surface area contributed by atoms with Gasteiger partial charge in [-0.05, 0) is 38.3 Å². The molecular weight excluding hydrogens is 342 g/mol. The number of nitrogens with zero attached hydrogens (tertiary/aromatic N) is 3. The second-order valence-electron chi connectivity index (χ2n) is 7.10. The van der Waals surface area contributed by atoms with Crippen LogP contribution in [0.25, 0.3) is 11.4 Å². The third kappa shape index (κ3) is 4.61. The van der Waals surface area contributed by atoms with Crippen molar-refractivity contribution < 1.29 is 9.32 Å². The van der Waals surface area contributed by atoms with E-state index in [0.717, 1.165) is 22.5 Å². The van der Waals surface area contributed by atoms with Crippen LogP contribution in [0.2, 0.25) is 0 Å². The summed E-state index contributed by atoms with van der Waals surface area (Å²) in [4.78, 5) is 16.4. The highest BCUT2D eigenvalue weighted by Gasteiger charge is 2.26. The number of aromatic amines is 1. The van der Waals surface area contributed by atoms with E-state index in [-0.39, 0.29) is 5.91 Å². The highest BCUT2D eigenvalue weighted by Crippen LogP contribution is 2.38. The molecule has 4 rings (SSSR count). The Balaban J connectivity index is 1.20. The first-order valence-corrected chi connectivity index (χ1v) is 9.38. The van der Waals surface area contributed by atoms with Crippen LogP contribution in [0.5, 0.6) is 0 Å². The summed E-state index contributed by atoms with van der Waals surface area (Å²) in [7, 11) is 0. The molecule has 0 unspecified atom stereocenters. The monoisotopic (exact) mass is 365 g/mol. The first kappa shape index (κ1) is 17.5. The van der Waals surface area contributed by atoms with Gasteiger partial charge in [0.1, 0.15) is 0 Å². The number of aryl methyl sites for hydroxylation is 2. The third-order valence-electron chi connectivity index (χ3n) is 4.66. The van der Waals surface area contributed by atoms with Gasteiger partial charge in [-0.3, -0.25) is 9.89 Å². The van der Waals surface area contributed by atoms with Gasteiger partial charge >= 0.3 is 0 Å². The third-order valence-corrected chi connectivity index (χ3v) is 4.66. The average molecular weight is 365 g/mol. The molecule has 0 bridgehead atoms. The number of rotatable bonds is 8. The topological polar surface area (TPSA) is 96.7 Å². The van der Waals surface area contributed by atoms with Crippen LogP contribution in [-0.4, -0.2) is 26.2 Å². The van der Waals surface area contributed by atoms with E-state index in [1.165, 1.54) is 12.8 Å². The van der Waals surface area contributed by atoms with Gasteiger partial charge < -0.3 is 9.84 Å². The average Bonchev–Trinajstić information content (AvgIpc) is 3.22. The van der Waals surface area contributed by atoms with Crippen LogP contribution < -0.4 is 5.32 Å². The Hall–Kier alpha value is -2.96. The molecule has 0 saturated heterocycles. The fraction of sp³-hybridized carbons (Fsp3) is 0.400. The minimum absolute atomic E-state index is 0.0102. The first-order valence-electron chi connectivity index (χ1n) is 9.38. The Morgan fingerprint density at radius 1 is 1.33 bits per heavy atom. The molecule has 0 radical (unpaired) electrons. The van der Waals surface area contributed by atoms with Gasteiger partial charge in [0.15, 0.2) is 0 Å². The summed E-state index contributed by atoms with van der Waals surface area (Å²) >= 11 is 0. The lowest BCUT2D eigenvalue weighted by Crippen LogP contribution is -2.22. The lowest BCUT2D eigenvalue weighted by atomic mass is 10.1. The number of carbonyl (C=O) groups is 1. The van der Waals surface area contributed by atoms with E-state index in [0.29, 0.717) is 43.4 Å². The number of aromatic nitrogens is 4. The van der Waals surface area contributed by atoms with E-state index in [2.05, 4.69) is 25.7 Å². The van der Waals surface area contributed by atoms with Gasteiger partial charge in [0.25, 0.3) is 0 Å². The zero-order valence-corrected chi connectivity index (χ0v) is 15.4. The number of amides is 1. The fourth-order valence-electron chi connectivity index (χ4n) is 3.00. The van der Waals surface area contributed by atoms with Gasteiger partial charge in [-0.1, -0.05) is 28.9 Å². The number of benzene rings is 1. The summed E-state index contributed by atoms with van der Waals surface area (Å²) < 4.78 is 5.30. The van der Waals surface area contributed by atoms with Crippen molar-refractivity contribution in [3.63, 3.8) is 0 Å². The molecule has 0 spiro atoms. The van der Waals surface area contributed by atoms with Gasteiger partial charge in [0, 0.05) is 24.3 Å². The number of hydrogen-bond acceptors (Lipinski definition) is 5. The quantitative estimate of drug-likeness (QED) is 0.638. The highest BCUT2D eigenvalue weighted by molar-refractivity contribution is 5.75. The molecule has 1 aliphatic rings. The molecule has 1 amide bonds. The Morgan fingerprint density at radius 3 is 3.04 bits per heavy atom. The standard InChI is InChI=1S/C20H23N5O2/c1-13-4-2-5-15(10-13)20-22-19(27-25-20)7-3-6-18(26)21-12-16-11-17(24-23-16)14-8-9-14/h2,4-5,10-11,14H,3,6-9,12H2,1H3,(H,21,26)(H,23,24). The maximum atomic E-state index is 12.0. The molecule has 3 aromatic rings. The predicted molar refractivity (Wildman–Crippen MR) is 99.8 cm³/mol. The molecule has 2 heterocycles. The van der Waals surface area contributed by atoms with Crippen LogP contribution in [0.4, 0.5) is 0 Å². The molecule has 0 atom stereocenters. The Bertz CT molecular complexity index is 926. The Labute approximate surface area is 157 Å². The van der Waals surface area contributed by atoms with Gasteiger partial charge in [-0.2, -0.15) is 10.1 Å². The normalized spacial score (nSPS) is 13.7. The van der Waals surface area contributed by atoms with E-state index < -0.39 is 0 Å². The Morgan fingerprint density at radius 2 is 2.22 bits per heavy atom. The molecule has 27 heavy (non-hydrogen) atoms.